The van der Waals surface area contributed by atoms with Crippen LogP contribution in [0.25, 0.3) is 22.6 Å². The second-order valence-electron chi connectivity index (χ2n) is 6.96. The summed E-state index contributed by atoms with van der Waals surface area (Å²) in [5, 5.41) is 2.93. The summed E-state index contributed by atoms with van der Waals surface area (Å²) in [6.45, 7) is 4.39. The first-order valence-corrected chi connectivity index (χ1v) is 9.51. The first kappa shape index (κ1) is 18.0. The van der Waals surface area contributed by atoms with Gasteiger partial charge in [-0.3, -0.25) is 4.79 Å². The molecule has 4 heteroatoms. The SMILES string of the molecule is CC[C@@H](C)c1ccc2oc(-c3cccc(NC(=O)c4ccccc4)c3)nc2c1. The van der Waals surface area contributed by atoms with E-state index >= 15 is 0 Å². The van der Waals surface area contributed by atoms with Crippen molar-refractivity contribution in [3.05, 3.63) is 83.9 Å². The molecule has 0 aliphatic heterocycles. The van der Waals surface area contributed by atoms with Crippen molar-refractivity contribution in [3.8, 4) is 11.5 Å². The number of amides is 1. The lowest BCUT2D eigenvalue weighted by Crippen LogP contribution is -2.11. The monoisotopic (exact) mass is 370 g/mol. The maximum Gasteiger partial charge on any atom is 0.255 e. The van der Waals surface area contributed by atoms with Crippen molar-refractivity contribution in [2.75, 3.05) is 5.32 Å². The molecule has 0 saturated heterocycles. The Morgan fingerprint density at radius 1 is 1.04 bits per heavy atom. The smallest absolute Gasteiger partial charge is 0.255 e. The van der Waals surface area contributed by atoms with Crippen LogP contribution >= 0.6 is 0 Å². The number of oxazole rings is 1. The van der Waals surface area contributed by atoms with E-state index in [4.69, 9.17) is 4.42 Å². The summed E-state index contributed by atoms with van der Waals surface area (Å²) in [5.74, 6) is 0.890. The maximum absolute atomic E-state index is 12.4. The van der Waals surface area contributed by atoms with E-state index in [-0.39, 0.29) is 5.91 Å². The Balaban J connectivity index is 1.61. The highest BCUT2D eigenvalue weighted by Crippen LogP contribution is 2.29. The van der Waals surface area contributed by atoms with Gasteiger partial charge in [0.15, 0.2) is 5.58 Å². The second kappa shape index (κ2) is 7.69. The fraction of sp³-hybridized carbons (Fsp3) is 0.167. The number of rotatable bonds is 5. The van der Waals surface area contributed by atoms with Crippen LogP contribution in [0.3, 0.4) is 0 Å². The van der Waals surface area contributed by atoms with Gasteiger partial charge in [0.2, 0.25) is 5.89 Å². The molecule has 140 valence electrons. The minimum absolute atomic E-state index is 0.145. The second-order valence-corrected chi connectivity index (χ2v) is 6.96. The van der Waals surface area contributed by atoms with Crippen molar-refractivity contribution in [1.82, 2.24) is 4.98 Å². The topological polar surface area (TPSA) is 55.1 Å². The van der Waals surface area contributed by atoms with Crippen molar-refractivity contribution in [2.45, 2.75) is 26.2 Å². The summed E-state index contributed by atoms with van der Waals surface area (Å²) in [7, 11) is 0. The number of hydrogen-bond donors (Lipinski definition) is 1. The largest absolute Gasteiger partial charge is 0.436 e. The summed E-state index contributed by atoms with van der Waals surface area (Å²) < 4.78 is 5.94. The van der Waals surface area contributed by atoms with E-state index in [0.717, 1.165) is 23.1 Å². The van der Waals surface area contributed by atoms with Gasteiger partial charge in [-0.15, -0.1) is 0 Å². The van der Waals surface area contributed by atoms with E-state index in [2.05, 4.69) is 36.3 Å². The Morgan fingerprint density at radius 2 is 1.86 bits per heavy atom. The highest BCUT2D eigenvalue weighted by atomic mass is 16.3. The Morgan fingerprint density at radius 3 is 2.64 bits per heavy atom. The molecule has 3 aromatic carbocycles. The molecule has 1 heterocycles. The van der Waals surface area contributed by atoms with E-state index in [0.29, 0.717) is 23.1 Å². The number of fused-ring (bicyclic) bond motifs is 1. The normalized spacial score (nSPS) is 12.1. The molecule has 0 aliphatic carbocycles. The highest BCUT2D eigenvalue weighted by Gasteiger charge is 2.12. The van der Waals surface area contributed by atoms with E-state index in [9.17, 15) is 4.79 Å². The summed E-state index contributed by atoms with van der Waals surface area (Å²) in [4.78, 5) is 17.0. The third-order valence-corrected chi connectivity index (χ3v) is 5.00. The molecule has 0 aliphatic rings. The molecule has 0 saturated carbocycles. The number of benzene rings is 3. The van der Waals surface area contributed by atoms with Crippen LogP contribution in [0.2, 0.25) is 0 Å². The van der Waals surface area contributed by atoms with Crippen LogP contribution in [0.1, 0.15) is 42.1 Å². The van der Waals surface area contributed by atoms with E-state index in [1.807, 2.05) is 48.5 Å². The van der Waals surface area contributed by atoms with Crippen LogP contribution < -0.4 is 5.32 Å². The molecule has 0 spiro atoms. The fourth-order valence-electron chi connectivity index (χ4n) is 3.13. The molecule has 0 bridgehead atoms. The molecular weight excluding hydrogens is 348 g/mol. The van der Waals surface area contributed by atoms with Gasteiger partial charge in [-0.2, -0.15) is 0 Å². The van der Waals surface area contributed by atoms with Gasteiger partial charge in [0.1, 0.15) is 5.52 Å². The van der Waals surface area contributed by atoms with Crippen LogP contribution in [0.5, 0.6) is 0 Å². The number of nitrogens with one attached hydrogen (secondary N) is 1. The summed E-state index contributed by atoms with van der Waals surface area (Å²) in [6, 6.07) is 22.9. The Hall–Kier alpha value is -3.40. The maximum atomic E-state index is 12.4. The van der Waals surface area contributed by atoms with Crippen molar-refractivity contribution in [1.29, 1.82) is 0 Å². The van der Waals surface area contributed by atoms with Crippen LogP contribution in [-0.2, 0) is 0 Å². The van der Waals surface area contributed by atoms with Crippen molar-refractivity contribution < 1.29 is 9.21 Å². The van der Waals surface area contributed by atoms with Gasteiger partial charge in [-0.1, -0.05) is 44.2 Å². The number of carbonyl (C=O) groups excluding carboxylic acids is 1. The third-order valence-electron chi connectivity index (χ3n) is 5.00. The van der Waals surface area contributed by atoms with Crippen LogP contribution in [0.15, 0.2) is 77.2 Å². The molecule has 28 heavy (non-hydrogen) atoms. The van der Waals surface area contributed by atoms with E-state index in [1.165, 1.54) is 5.56 Å². The number of aromatic nitrogens is 1. The summed E-state index contributed by atoms with van der Waals surface area (Å²) >= 11 is 0. The van der Waals surface area contributed by atoms with Gasteiger partial charge in [0.25, 0.3) is 5.91 Å². The van der Waals surface area contributed by atoms with Crippen molar-refractivity contribution in [2.24, 2.45) is 0 Å². The molecule has 0 unspecified atom stereocenters. The first-order chi connectivity index (χ1) is 13.6. The van der Waals surface area contributed by atoms with Crippen LogP contribution in [0, 0.1) is 0 Å². The average Bonchev–Trinajstić information content (AvgIpc) is 3.17. The molecule has 1 amide bonds. The minimum atomic E-state index is -0.145. The Bertz CT molecular complexity index is 1120. The fourth-order valence-corrected chi connectivity index (χ4v) is 3.13. The number of anilines is 1. The number of carbonyl (C=O) groups is 1. The standard InChI is InChI=1S/C24H22N2O2/c1-3-16(2)18-12-13-22-21(15-18)26-24(28-22)19-10-7-11-20(14-19)25-23(27)17-8-5-4-6-9-17/h4-16H,3H2,1-2H3,(H,25,27)/t16-/m1/s1. The van der Waals surface area contributed by atoms with Gasteiger partial charge < -0.3 is 9.73 Å². The zero-order valence-electron chi connectivity index (χ0n) is 16.0. The van der Waals surface area contributed by atoms with Gasteiger partial charge in [0, 0.05) is 16.8 Å². The zero-order valence-corrected chi connectivity index (χ0v) is 16.0. The molecule has 4 aromatic rings. The molecule has 4 nitrogen and oxygen atoms in total. The van der Waals surface area contributed by atoms with Crippen molar-refractivity contribution in [3.63, 3.8) is 0 Å². The molecule has 1 atom stereocenters. The molecule has 0 fully saturated rings. The van der Waals surface area contributed by atoms with Crippen molar-refractivity contribution >= 4 is 22.7 Å². The third kappa shape index (κ3) is 3.67. The average molecular weight is 370 g/mol. The Labute approximate surface area is 164 Å². The number of nitrogens with zero attached hydrogens (tertiary/aromatic N) is 1. The van der Waals surface area contributed by atoms with E-state index in [1.54, 1.807) is 12.1 Å². The van der Waals surface area contributed by atoms with Gasteiger partial charge in [0.05, 0.1) is 0 Å². The minimum Gasteiger partial charge on any atom is -0.436 e. The number of hydrogen-bond acceptors (Lipinski definition) is 3. The highest BCUT2D eigenvalue weighted by molar-refractivity contribution is 6.04. The van der Waals surface area contributed by atoms with Gasteiger partial charge in [-0.05, 0) is 60.4 Å². The van der Waals surface area contributed by atoms with Crippen LogP contribution in [-0.4, -0.2) is 10.9 Å². The lowest BCUT2D eigenvalue weighted by atomic mass is 9.98. The molecule has 1 aromatic heterocycles. The predicted molar refractivity (Wildman–Crippen MR) is 113 cm³/mol. The molecular formula is C24H22N2O2. The molecule has 0 radical (unpaired) electrons. The molecule has 1 N–H and O–H groups in total. The van der Waals surface area contributed by atoms with Crippen LogP contribution in [0.4, 0.5) is 5.69 Å². The first-order valence-electron chi connectivity index (χ1n) is 9.51. The van der Waals surface area contributed by atoms with Gasteiger partial charge >= 0.3 is 0 Å². The lowest BCUT2D eigenvalue weighted by Gasteiger charge is -2.07. The predicted octanol–water partition coefficient (Wildman–Crippen LogP) is 6.26. The quantitative estimate of drug-likeness (QED) is 0.451. The van der Waals surface area contributed by atoms with E-state index < -0.39 is 0 Å². The lowest BCUT2D eigenvalue weighted by molar-refractivity contribution is 0.102. The Kier molecular flexibility index (Phi) is 4.94. The molecule has 4 rings (SSSR count). The summed E-state index contributed by atoms with van der Waals surface area (Å²) in [5.41, 5.74) is 5.03. The zero-order chi connectivity index (χ0) is 19.5. The van der Waals surface area contributed by atoms with Gasteiger partial charge in [-0.25, -0.2) is 4.98 Å². The summed E-state index contributed by atoms with van der Waals surface area (Å²) in [6.07, 6.45) is 1.08.